The smallest absolute Gasteiger partial charge is 0.0107 e. The number of rotatable bonds is 7. The Hall–Kier alpha value is -0.120. The lowest BCUT2D eigenvalue weighted by atomic mass is 10.4. The standard InChI is InChI=1S/C11H25N3/c1-13(2)8-5-6-12-7-11-14-9-3-4-10-14/h12H,3-11H2,1-2H3. The van der Waals surface area contributed by atoms with Gasteiger partial charge in [0.05, 0.1) is 0 Å². The molecule has 0 aromatic carbocycles. The molecule has 1 aliphatic rings. The summed E-state index contributed by atoms with van der Waals surface area (Å²) in [5.41, 5.74) is 0. The summed E-state index contributed by atoms with van der Waals surface area (Å²) in [6.45, 7) is 7.39. The first-order valence-corrected chi connectivity index (χ1v) is 5.87. The van der Waals surface area contributed by atoms with Crippen molar-refractivity contribution >= 4 is 0 Å². The molecule has 0 spiro atoms. The summed E-state index contributed by atoms with van der Waals surface area (Å²) in [4.78, 5) is 4.79. The molecule has 3 heteroatoms. The Bertz CT molecular complexity index is 130. The van der Waals surface area contributed by atoms with E-state index in [4.69, 9.17) is 0 Å². The van der Waals surface area contributed by atoms with Gasteiger partial charge in [0.15, 0.2) is 0 Å². The number of nitrogens with zero attached hydrogens (tertiary/aromatic N) is 2. The molecular weight excluding hydrogens is 174 g/mol. The van der Waals surface area contributed by atoms with Gasteiger partial charge in [-0.25, -0.2) is 0 Å². The van der Waals surface area contributed by atoms with Gasteiger partial charge < -0.3 is 15.1 Å². The molecule has 1 rings (SSSR count). The molecule has 0 radical (unpaired) electrons. The second-order valence-corrected chi connectivity index (χ2v) is 4.46. The fraction of sp³-hybridized carbons (Fsp3) is 1.00. The Morgan fingerprint density at radius 2 is 1.86 bits per heavy atom. The average Bonchev–Trinajstić information content (AvgIpc) is 2.63. The first-order chi connectivity index (χ1) is 6.79. The summed E-state index contributed by atoms with van der Waals surface area (Å²) in [6.07, 6.45) is 4.06. The van der Waals surface area contributed by atoms with Crippen molar-refractivity contribution < 1.29 is 0 Å². The largest absolute Gasteiger partial charge is 0.315 e. The number of hydrogen-bond donors (Lipinski definition) is 1. The second-order valence-electron chi connectivity index (χ2n) is 4.46. The highest BCUT2D eigenvalue weighted by molar-refractivity contribution is 4.66. The van der Waals surface area contributed by atoms with Gasteiger partial charge in [-0.15, -0.1) is 0 Å². The van der Waals surface area contributed by atoms with E-state index in [-0.39, 0.29) is 0 Å². The van der Waals surface area contributed by atoms with E-state index in [0.717, 1.165) is 13.1 Å². The van der Waals surface area contributed by atoms with Gasteiger partial charge in [-0.2, -0.15) is 0 Å². The summed E-state index contributed by atoms with van der Waals surface area (Å²) >= 11 is 0. The molecule has 0 amide bonds. The summed E-state index contributed by atoms with van der Waals surface area (Å²) < 4.78 is 0. The monoisotopic (exact) mass is 199 g/mol. The molecule has 1 heterocycles. The lowest BCUT2D eigenvalue weighted by molar-refractivity contribution is 0.332. The van der Waals surface area contributed by atoms with E-state index >= 15 is 0 Å². The molecule has 1 saturated heterocycles. The van der Waals surface area contributed by atoms with Crippen molar-refractivity contribution in [2.24, 2.45) is 0 Å². The quantitative estimate of drug-likeness (QED) is 0.607. The SMILES string of the molecule is CN(C)CCCNCCN1CCCC1. The van der Waals surface area contributed by atoms with Crippen LogP contribution < -0.4 is 5.32 Å². The molecule has 3 nitrogen and oxygen atoms in total. The fourth-order valence-corrected chi connectivity index (χ4v) is 1.89. The van der Waals surface area contributed by atoms with Gasteiger partial charge in [0.2, 0.25) is 0 Å². The molecule has 0 unspecified atom stereocenters. The third-order valence-corrected chi connectivity index (χ3v) is 2.76. The predicted octanol–water partition coefficient (Wildman–Crippen LogP) is 0.624. The fourth-order valence-electron chi connectivity index (χ4n) is 1.89. The molecule has 0 saturated carbocycles. The normalized spacial score (nSPS) is 18.2. The van der Waals surface area contributed by atoms with Crippen molar-refractivity contribution in [3.63, 3.8) is 0 Å². The van der Waals surface area contributed by atoms with E-state index < -0.39 is 0 Å². The van der Waals surface area contributed by atoms with E-state index in [9.17, 15) is 0 Å². The third-order valence-electron chi connectivity index (χ3n) is 2.76. The maximum absolute atomic E-state index is 3.50. The topological polar surface area (TPSA) is 18.5 Å². The Kier molecular flexibility index (Phi) is 6.15. The average molecular weight is 199 g/mol. The number of nitrogens with one attached hydrogen (secondary N) is 1. The Morgan fingerprint density at radius 3 is 2.50 bits per heavy atom. The molecular formula is C11H25N3. The van der Waals surface area contributed by atoms with Gasteiger partial charge in [0, 0.05) is 13.1 Å². The van der Waals surface area contributed by atoms with Crippen molar-refractivity contribution in [1.82, 2.24) is 15.1 Å². The van der Waals surface area contributed by atoms with Crippen LogP contribution in [0.4, 0.5) is 0 Å². The molecule has 1 N–H and O–H groups in total. The molecule has 0 aliphatic carbocycles. The van der Waals surface area contributed by atoms with Gasteiger partial charge in [-0.1, -0.05) is 0 Å². The van der Waals surface area contributed by atoms with Crippen LogP contribution in [0.1, 0.15) is 19.3 Å². The molecule has 84 valence electrons. The maximum atomic E-state index is 3.50. The van der Waals surface area contributed by atoms with Crippen molar-refractivity contribution in [3.05, 3.63) is 0 Å². The van der Waals surface area contributed by atoms with Crippen LogP contribution in [0.2, 0.25) is 0 Å². The lowest BCUT2D eigenvalue weighted by Gasteiger charge is -2.15. The van der Waals surface area contributed by atoms with Crippen LogP contribution in [0.3, 0.4) is 0 Å². The minimum Gasteiger partial charge on any atom is -0.315 e. The van der Waals surface area contributed by atoms with Gasteiger partial charge in [0.25, 0.3) is 0 Å². The first kappa shape index (κ1) is 12.0. The zero-order valence-electron chi connectivity index (χ0n) is 9.76. The van der Waals surface area contributed by atoms with Crippen LogP contribution in [0, 0.1) is 0 Å². The molecule has 0 bridgehead atoms. The summed E-state index contributed by atoms with van der Waals surface area (Å²) in [6, 6.07) is 0. The van der Waals surface area contributed by atoms with E-state index in [1.165, 1.54) is 45.4 Å². The highest BCUT2D eigenvalue weighted by Gasteiger charge is 2.09. The van der Waals surface area contributed by atoms with Crippen molar-refractivity contribution in [1.29, 1.82) is 0 Å². The highest BCUT2D eigenvalue weighted by atomic mass is 15.1. The zero-order valence-corrected chi connectivity index (χ0v) is 9.76. The van der Waals surface area contributed by atoms with Gasteiger partial charge >= 0.3 is 0 Å². The van der Waals surface area contributed by atoms with Gasteiger partial charge in [-0.3, -0.25) is 0 Å². The predicted molar refractivity (Wildman–Crippen MR) is 61.7 cm³/mol. The van der Waals surface area contributed by atoms with E-state index in [0.29, 0.717) is 0 Å². The molecule has 1 fully saturated rings. The molecule has 0 atom stereocenters. The maximum Gasteiger partial charge on any atom is 0.0107 e. The third kappa shape index (κ3) is 5.58. The lowest BCUT2D eigenvalue weighted by Crippen LogP contribution is -2.31. The second kappa shape index (κ2) is 7.21. The van der Waals surface area contributed by atoms with Gasteiger partial charge in [0.1, 0.15) is 0 Å². The van der Waals surface area contributed by atoms with Crippen LogP contribution in [-0.2, 0) is 0 Å². The van der Waals surface area contributed by atoms with Crippen molar-refractivity contribution in [2.45, 2.75) is 19.3 Å². The van der Waals surface area contributed by atoms with Crippen LogP contribution >= 0.6 is 0 Å². The summed E-state index contributed by atoms with van der Waals surface area (Å²) in [5.74, 6) is 0. The summed E-state index contributed by atoms with van der Waals surface area (Å²) in [7, 11) is 4.26. The van der Waals surface area contributed by atoms with Crippen LogP contribution in [0.15, 0.2) is 0 Å². The van der Waals surface area contributed by atoms with Crippen LogP contribution in [0.5, 0.6) is 0 Å². The van der Waals surface area contributed by atoms with E-state index in [1.54, 1.807) is 0 Å². The summed E-state index contributed by atoms with van der Waals surface area (Å²) in [5, 5.41) is 3.50. The Morgan fingerprint density at radius 1 is 1.14 bits per heavy atom. The number of likely N-dealkylation sites (tertiary alicyclic amines) is 1. The van der Waals surface area contributed by atoms with E-state index in [1.807, 2.05) is 0 Å². The Balaban J connectivity index is 1.79. The number of hydrogen-bond acceptors (Lipinski definition) is 3. The molecule has 14 heavy (non-hydrogen) atoms. The van der Waals surface area contributed by atoms with Crippen LogP contribution in [0.25, 0.3) is 0 Å². The molecule has 0 aromatic rings. The minimum absolute atomic E-state index is 1.16. The molecule has 1 aliphatic heterocycles. The van der Waals surface area contributed by atoms with Crippen molar-refractivity contribution in [2.75, 3.05) is 53.4 Å². The molecule has 0 aromatic heterocycles. The van der Waals surface area contributed by atoms with E-state index in [2.05, 4.69) is 29.2 Å². The van der Waals surface area contributed by atoms with Crippen molar-refractivity contribution in [3.8, 4) is 0 Å². The highest BCUT2D eigenvalue weighted by Crippen LogP contribution is 2.05. The first-order valence-electron chi connectivity index (χ1n) is 5.87. The minimum atomic E-state index is 1.16. The Labute approximate surface area is 88.5 Å². The van der Waals surface area contributed by atoms with Crippen LogP contribution in [-0.4, -0.2) is 63.2 Å². The zero-order chi connectivity index (χ0) is 10.2. The van der Waals surface area contributed by atoms with Gasteiger partial charge in [-0.05, 0) is 59.5 Å².